The van der Waals surface area contributed by atoms with Crippen molar-refractivity contribution < 1.29 is 9.15 Å². The van der Waals surface area contributed by atoms with E-state index in [1.165, 1.54) is 0 Å². The van der Waals surface area contributed by atoms with Crippen molar-refractivity contribution >= 4 is 0 Å². The number of nitrogens with two attached hydrogens (primary N) is 1. The van der Waals surface area contributed by atoms with Crippen LogP contribution in [0, 0.1) is 0 Å². The van der Waals surface area contributed by atoms with Crippen LogP contribution in [0.5, 0.6) is 0 Å². The monoisotopic (exact) mass is 183 g/mol. The van der Waals surface area contributed by atoms with Crippen LogP contribution in [0.4, 0.5) is 0 Å². The molecule has 1 fully saturated rings. The van der Waals surface area contributed by atoms with E-state index in [4.69, 9.17) is 14.9 Å². The third kappa shape index (κ3) is 1.87. The molecule has 0 bridgehead atoms. The van der Waals surface area contributed by atoms with E-state index in [0.717, 1.165) is 19.4 Å². The van der Waals surface area contributed by atoms with Crippen molar-refractivity contribution in [3.63, 3.8) is 0 Å². The zero-order valence-electron chi connectivity index (χ0n) is 7.40. The molecule has 0 amide bonds. The van der Waals surface area contributed by atoms with Crippen LogP contribution >= 0.6 is 0 Å². The van der Waals surface area contributed by atoms with Gasteiger partial charge in [-0.3, -0.25) is 0 Å². The van der Waals surface area contributed by atoms with Crippen molar-refractivity contribution in [2.75, 3.05) is 13.2 Å². The van der Waals surface area contributed by atoms with Gasteiger partial charge in [-0.25, -0.2) is 0 Å². The lowest BCUT2D eigenvalue weighted by Gasteiger charge is -2.18. The Morgan fingerprint density at radius 3 is 3.00 bits per heavy atom. The molecule has 1 aromatic rings. The van der Waals surface area contributed by atoms with Crippen LogP contribution in [0.2, 0.25) is 0 Å². The van der Waals surface area contributed by atoms with Crippen molar-refractivity contribution in [2.24, 2.45) is 5.73 Å². The van der Waals surface area contributed by atoms with Gasteiger partial charge in [-0.1, -0.05) is 0 Å². The Balaban J connectivity index is 2.05. The smallest absolute Gasteiger partial charge is 0.230 e. The molecule has 2 heterocycles. The lowest BCUT2D eigenvalue weighted by atomic mass is 10.0. The van der Waals surface area contributed by atoms with Gasteiger partial charge in [0.1, 0.15) is 0 Å². The molecule has 1 aliphatic rings. The maximum absolute atomic E-state index is 5.37. The van der Waals surface area contributed by atoms with Crippen molar-refractivity contribution in [1.29, 1.82) is 0 Å². The topological polar surface area (TPSA) is 74.2 Å². The first-order valence-corrected chi connectivity index (χ1v) is 4.50. The van der Waals surface area contributed by atoms with Gasteiger partial charge in [0.2, 0.25) is 11.8 Å². The highest BCUT2D eigenvalue weighted by Gasteiger charge is 2.21. The first kappa shape index (κ1) is 8.65. The molecule has 1 aliphatic heterocycles. The van der Waals surface area contributed by atoms with Crippen LogP contribution in [0.15, 0.2) is 4.42 Å². The molecule has 0 spiro atoms. The minimum absolute atomic E-state index is 0.265. The third-order valence-electron chi connectivity index (χ3n) is 2.17. The zero-order valence-corrected chi connectivity index (χ0v) is 7.40. The maximum atomic E-state index is 5.37. The Hall–Kier alpha value is -0.940. The Labute approximate surface area is 76.3 Å². The number of aromatic nitrogens is 2. The Kier molecular flexibility index (Phi) is 2.56. The summed E-state index contributed by atoms with van der Waals surface area (Å²) in [7, 11) is 0. The van der Waals surface area contributed by atoms with Gasteiger partial charge in [0.25, 0.3) is 0 Å². The van der Waals surface area contributed by atoms with E-state index < -0.39 is 0 Å². The van der Waals surface area contributed by atoms with Crippen molar-refractivity contribution in [3.8, 4) is 0 Å². The summed E-state index contributed by atoms with van der Waals surface area (Å²) in [6.07, 6.45) is 2.12. The molecule has 0 aromatic carbocycles. The molecular weight excluding hydrogens is 170 g/mol. The Morgan fingerprint density at radius 2 is 2.38 bits per heavy atom. The molecule has 1 unspecified atom stereocenters. The second-order valence-corrected chi connectivity index (χ2v) is 3.15. The standard InChI is InChI=1S/C8H13N3O2/c9-4-7-10-11-8(13-7)6-2-1-3-12-5-6/h6H,1-5,9H2. The van der Waals surface area contributed by atoms with E-state index in [1.807, 2.05) is 0 Å². The molecule has 2 rings (SSSR count). The summed E-state index contributed by atoms with van der Waals surface area (Å²) >= 11 is 0. The minimum Gasteiger partial charge on any atom is -0.424 e. The highest BCUT2D eigenvalue weighted by molar-refractivity contribution is 4.92. The predicted molar refractivity (Wildman–Crippen MR) is 45.0 cm³/mol. The van der Waals surface area contributed by atoms with E-state index in [-0.39, 0.29) is 5.92 Å². The first-order chi connectivity index (χ1) is 6.40. The second kappa shape index (κ2) is 3.85. The Bertz CT molecular complexity index is 268. The number of nitrogens with zero attached hydrogens (tertiary/aromatic N) is 2. The molecular formula is C8H13N3O2. The fourth-order valence-corrected chi connectivity index (χ4v) is 1.45. The fraction of sp³-hybridized carbons (Fsp3) is 0.750. The van der Waals surface area contributed by atoms with Gasteiger partial charge < -0.3 is 14.9 Å². The van der Waals surface area contributed by atoms with Crippen LogP contribution in [-0.4, -0.2) is 23.4 Å². The summed E-state index contributed by atoms with van der Waals surface area (Å²) in [4.78, 5) is 0. The van der Waals surface area contributed by atoms with Gasteiger partial charge in [0.05, 0.1) is 19.1 Å². The fourth-order valence-electron chi connectivity index (χ4n) is 1.45. The molecule has 2 N–H and O–H groups in total. The normalized spacial score (nSPS) is 23.3. The molecule has 0 saturated carbocycles. The average Bonchev–Trinajstić information content (AvgIpc) is 2.67. The van der Waals surface area contributed by atoms with Crippen molar-refractivity contribution in [3.05, 3.63) is 11.8 Å². The molecule has 72 valence electrons. The van der Waals surface area contributed by atoms with E-state index in [9.17, 15) is 0 Å². The van der Waals surface area contributed by atoms with Crippen LogP contribution in [0.25, 0.3) is 0 Å². The number of rotatable bonds is 2. The van der Waals surface area contributed by atoms with Gasteiger partial charge in [-0.15, -0.1) is 10.2 Å². The van der Waals surface area contributed by atoms with Crippen molar-refractivity contribution in [2.45, 2.75) is 25.3 Å². The predicted octanol–water partition coefficient (Wildman–Crippen LogP) is 0.422. The first-order valence-electron chi connectivity index (χ1n) is 4.50. The molecule has 0 radical (unpaired) electrons. The molecule has 5 nitrogen and oxygen atoms in total. The van der Waals surface area contributed by atoms with Crippen LogP contribution in [-0.2, 0) is 11.3 Å². The van der Waals surface area contributed by atoms with E-state index in [1.54, 1.807) is 0 Å². The highest BCUT2D eigenvalue weighted by atomic mass is 16.5. The molecule has 5 heteroatoms. The number of ether oxygens (including phenoxy) is 1. The second-order valence-electron chi connectivity index (χ2n) is 3.15. The van der Waals surface area contributed by atoms with E-state index in [2.05, 4.69) is 10.2 Å². The molecule has 1 aromatic heterocycles. The van der Waals surface area contributed by atoms with Gasteiger partial charge in [0.15, 0.2) is 0 Å². The lowest BCUT2D eigenvalue weighted by molar-refractivity contribution is 0.0721. The summed E-state index contributed by atoms with van der Waals surface area (Å²) in [5.41, 5.74) is 5.37. The molecule has 1 atom stereocenters. The summed E-state index contributed by atoms with van der Waals surface area (Å²) in [6.45, 7) is 1.83. The zero-order chi connectivity index (χ0) is 9.10. The average molecular weight is 183 g/mol. The van der Waals surface area contributed by atoms with Crippen LogP contribution < -0.4 is 5.73 Å². The number of hydrogen-bond donors (Lipinski definition) is 1. The van der Waals surface area contributed by atoms with Crippen LogP contribution in [0.3, 0.4) is 0 Å². The third-order valence-corrected chi connectivity index (χ3v) is 2.17. The van der Waals surface area contributed by atoms with Gasteiger partial charge in [-0.05, 0) is 12.8 Å². The molecule has 0 aliphatic carbocycles. The lowest BCUT2D eigenvalue weighted by Crippen LogP contribution is -2.15. The SMILES string of the molecule is NCc1nnc(C2CCCOC2)o1. The summed E-state index contributed by atoms with van der Waals surface area (Å²) in [6, 6.07) is 0. The highest BCUT2D eigenvalue weighted by Crippen LogP contribution is 2.23. The van der Waals surface area contributed by atoms with Crippen LogP contribution in [0.1, 0.15) is 30.5 Å². The summed E-state index contributed by atoms with van der Waals surface area (Å²) in [5, 5.41) is 7.75. The Morgan fingerprint density at radius 1 is 1.46 bits per heavy atom. The van der Waals surface area contributed by atoms with Crippen molar-refractivity contribution in [1.82, 2.24) is 10.2 Å². The number of hydrogen-bond acceptors (Lipinski definition) is 5. The van der Waals surface area contributed by atoms with Gasteiger partial charge in [0, 0.05) is 6.61 Å². The van der Waals surface area contributed by atoms with Gasteiger partial charge in [-0.2, -0.15) is 0 Å². The molecule has 13 heavy (non-hydrogen) atoms. The minimum atomic E-state index is 0.265. The van der Waals surface area contributed by atoms with E-state index in [0.29, 0.717) is 24.9 Å². The van der Waals surface area contributed by atoms with E-state index >= 15 is 0 Å². The van der Waals surface area contributed by atoms with Gasteiger partial charge >= 0.3 is 0 Å². The largest absolute Gasteiger partial charge is 0.424 e. The molecule has 1 saturated heterocycles. The quantitative estimate of drug-likeness (QED) is 0.719. The maximum Gasteiger partial charge on any atom is 0.230 e. The summed E-state index contributed by atoms with van der Waals surface area (Å²) in [5.74, 6) is 1.43. The summed E-state index contributed by atoms with van der Waals surface area (Å²) < 4.78 is 10.7.